The fourth-order valence-electron chi connectivity index (χ4n) is 1.19. The molecule has 2 nitrogen and oxygen atoms in total. The fourth-order valence-corrected chi connectivity index (χ4v) is 2.10. The van der Waals surface area contributed by atoms with Crippen LogP contribution in [0.15, 0.2) is 6.20 Å². The van der Waals surface area contributed by atoms with Crippen molar-refractivity contribution in [2.45, 2.75) is 65.5 Å². The average Bonchev–Trinajstić information content (AvgIpc) is 2.63. The normalized spacial score (nSPS) is 13.1. The van der Waals surface area contributed by atoms with Crippen LogP contribution in [0.5, 0.6) is 0 Å². The van der Waals surface area contributed by atoms with E-state index in [9.17, 15) is 0 Å². The van der Waals surface area contributed by atoms with Crippen LogP contribution in [0.1, 0.15) is 57.8 Å². The van der Waals surface area contributed by atoms with Crippen LogP contribution in [0.4, 0.5) is 0 Å². The van der Waals surface area contributed by atoms with Gasteiger partial charge in [-0.15, -0.1) is 11.3 Å². The lowest BCUT2D eigenvalue weighted by molar-refractivity contribution is 0.376. The highest BCUT2D eigenvalue weighted by molar-refractivity contribution is 7.11. The summed E-state index contributed by atoms with van der Waals surface area (Å²) in [5, 5.41) is 4.78. The van der Waals surface area contributed by atoms with Crippen molar-refractivity contribution < 1.29 is 0 Å². The maximum atomic E-state index is 4.49. The number of nitrogens with one attached hydrogen (secondary N) is 1. The van der Waals surface area contributed by atoms with Crippen LogP contribution in [0.2, 0.25) is 0 Å². The summed E-state index contributed by atoms with van der Waals surface area (Å²) in [7, 11) is 0. The molecule has 1 rings (SSSR count). The Kier molecular flexibility index (Phi) is 4.13. The SMILES string of the molecule is CCC(C)(C)NCc1cnc(C(C)(C)C)s1. The third-order valence-corrected chi connectivity index (χ3v) is 4.24. The largest absolute Gasteiger partial charge is 0.307 e. The Hall–Kier alpha value is -0.410. The molecule has 1 aromatic rings. The van der Waals surface area contributed by atoms with Crippen molar-refractivity contribution in [1.29, 1.82) is 0 Å². The van der Waals surface area contributed by atoms with Crippen LogP contribution < -0.4 is 5.32 Å². The molecule has 0 aliphatic heterocycles. The zero-order chi connectivity index (χ0) is 12.4. The summed E-state index contributed by atoms with van der Waals surface area (Å²) in [5.41, 5.74) is 0.384. The Labute approximate surface area is 103 Å². The molecule has 0 amide bonds. The minimum atomic E-state index is 0.170. The van der Waals surface area contributed by atoms with Gasteiger partial charge in [-0.3, -0.25) is 0 Å². The second-order valence-electron chi connectivity index (χ2n) is 5.97. The van der Waals surface area contributed by atoms with E-state index in [1.165, 1.54) is 9.88 Å². The standard InChI is InChI=1S/C13H24N2S/c1-7-13(5,6)15-9-10-8-14-11(16-10)12(2,3)4/h8,15H,7,9H2,1-6H3. The molecule has 0 aromatic carbocycles. The minimum absolute atomic E-state index is 0.170. The zero-order valence-corrected chi connectivity index (χ0v) is 12.2. The molecule has 0 aliphatic rings. The molecule has 0 atom stereocenters. The Bertz CT molecular complexity index is 334. The van der Waals surface area contributed by atoms with Gasteiger partial charge in [0.15, 0.2) is 0 Å². The predicted molar refractivity (Wildman–Crippen MR) is 72.0 cm³/mol. The van der Waals surface area contributed by atoms with Crippen LogP contribution in [0, 0.1) is 0 Å². The number of hydrogen-bond acceptors (Lipinski definition) is 3. The molecule has 0 aliphatic carbocycles. The van der Waals surface area contributed by atoms with Gasteiger partial charge in [0.2, 0.25) is 0 Å². The van der Waals surface area contributed by atoms with Crippen molar-refractivity contribution in [1.82, 2.24) is 10.3 Å². The van der Waals surface area contributed by atoms with E-state index in [1.807, 2.05) is 17.5 Å². The van der Waals surface area contributed by atoms with Crippen LogP contribution in [-0.2, 0) is 12.0 Å². The summed E-state index contributed by atoms with van der Waals surface area (Å²) >= 11 is 1.82. The fraction of sp³-hybridized carbons (Fsp3) is 0.769. The van der Waals surface area contributed by atoms with Gasteiger partial charge in [0.25, 0.3) is 0 Å². The van der Waals surface area contributed by atoms with E-state index < -0.39 is 0 Å². The first kappa shape index (κ1) is 13.7. The monoisotopic (exact) mass is 240 g/mol. The summed E-state index contributed by atoms with van der Waals surface area (Å²) in [5.74, 6) is 0. The Morgan fingerprint density at radius 1 is 1.25 bits per heavy atom. The summed E-state index contributed by atoms with van der Waals surface area (Å²) in [4.78, 5) is 5.82. The smallest absolute Gasteiger partial charge is 0.0981 e. The van der Waals surface area contributed by atoms with Crippen molar-refractivity contribution in [3.8, 4) is 0 Å². The van der Waals surface area contributed by atoms with Crippen LogP contribution in [0.25, 0.3) is 0 Å². The molecule has 16 heavy (non-hydrogen) atoms. The van der Waals surface area contributed by atoms with Gasteiger partial charge in [0, 0.05) is 28.6 Å². The average molecular weight is 240 g/mol. The number of hydrogen-bond donors (Lipinski definition) is 1. The lowest BCUT2D eigenvalue weighted by Gasteiger charge is -2.24. The van der Waals surface area contributed by atoms with E-state index in [0.29, 0.717) is 0 Å². The van der Waals surface area contributed by atoms with E-state index in [0.717, 1.165) is 13.0 Å². The molecule has 0 bridgehead atoms. The number of nitrogens with zero attached hydrogens (tertiary/aromatic N) is 1. The first-order valence-corrected chi connectivity index (χ1v) is 6.76. The minimum Gasteiger partial charge on any atom is -0.307 e. The molecular weight excluding hydrogens is 216 g/mol. The second-order valence-corrected chi connectivity index (χ2v) is 7.09. The quantitative estimate of drug-likeness (QED) is 0.867. The van der Waals surface area contributed by atoms with Crippen molar-refractivity contribution in [2.24, 2.45) is 0 Å². The summed E-state index contributed by atoms with van der Waals surface area (Å²) < 4.78 is 0. The Morgan fingerprint density at radius 3 is 2.31 bits per heavy atom. The highest BCUT2D eigenvalue weighted by Gasteiger charge is 2.19. The van der Waals surface area contributed by atoms with Gasteiger partial charge in [-0.1, -0.05) is 27.7 Å². The van der Waals surface area contributed by atoms with Crippen molar-refractivity contribution in [2.75, 3.05) is 0 Å². The van der Waals surface area contributed by atoms with E-state index in [2.05, 4.69) is 51.8 Å². The first-order valence-electron chi connectivity index (χ1n) is 5.95. The molecule has 1 aromatic heterocycles. The number of aromatic nitrogens is 1. The van der Waals surface area contributed by atoms with Crippen LogP contribution in [0.3, 0.4) is 0 Å². The van der Waals surface area contributed by atoms with Gasteiger partial charge < -0.3 is 5.32 Å². The lowest BCUT2D eigenvalue weighted by Crippen LogP contribution is -2.37. The van der Waals surface area contributed by atoms with E-state index in [4.69, 9.17) is 0 Å². The van der Waals surface area contributed by atoms with Gasteiger partial charge in [-0.05, 0) is 20.3 Å². The maximum Gasteiger partial charge on any atom is 0.0981 e. The third kappa shape index (κ3) is 3.87. The molecule has 3 heteroatoms. The highest BCUT2D eigenvalue weighted by atomic mass is 32.1. The summed E-state index contributed by atoms with van der Waals surface area (Å²) in [6, 6.07) is 0. The molecule has 0 saturated heterocycles. The molecule has 0 unspecified atom stereocenters. The molecule has 0 fully saturated rings. The van der Waals surface area contributed by atoms with Crippen molar-refractivity contribution in [3.05, 3.63) is 16.1 Å². The van der Waals surface area contributed by atoms with E-state index in [1.54, 1.807) is 0 Å². The molecule has 0 radical (unpaired) electrons. The number of rotatable bonds is 4. The summed E-state index contributed by atoms with van der Waals surface area (Å²) in [6.45, 7) is 14.2. The van der Waals surface area contributed by atoms with Gasteiger partial charge >= 0.3 is 0 Å². The van der Waals surface area contributed by atoms with Crippen LogP contribution >= 0.6 is 11.3 Å². The maximum absolute atomic E-state index is 4.49. The highest BCUT2D eigenvalue weighted by Crippen LogP contribution is 2.26. The predicted octanol–water partition coefficient (Wildman–Crippen LogP) is 3.72. The molecule has 92 valence electrons. The molecule has 1 heterocycles. The first-order chi connectivity index (χ1) is 7.24. The van der Waals surface area contributed by atoms with Gasteiger partial charge in [-0.25, -0.2) is 4.98 Å². The lowest BCUT2D eigenvalue weighted by atomic mass is 9.98. The van der Waals surface area contributed by atoms with Gasteiger partial charge in [0.05, 0.1) is 5.01 Å². The third-order valence-electron chi connectivity index (χ3n) is 2.82. The summed E-state index contributed by atoms with van der Waals surface area (Å²) in [6.07, 6.45) is 3.14. The second kappa shape index (κ2) is 4.84. The molecule has 0 spiro atoms. The zero-order valence-electron chi connectivity index (χ0n) is 11.3. The van der Waals surface area contributed by atoms with Gasteiger partial charge in [-0.2, -0.15) is 0 Å². The topological polar surface area (TPSA) is 24.9 Å². The number of thiazole rings is 1. The van der Waals surface area contributed by atoms with Crippen molar-refractivity contribution in [3.63, 3.8) is 0 Å². The van der Waals surface area contributed by atoms with Crippen molar-refractivity contribution >= 4 is 11.3 Å². The Balaban J connectivity index is 2.60. The van der Waals surface area contributed by atoms with E-state index in [-0.39, 0.29) is 11.0 Å². The van der Waals surface area contributed by atoms with Gasteiger partial charge in [0.1, 0.15) is 0 Å². The van der Waals surface area contributed by atoms with E-state index >= 15 is 0 Å². The molecular formula is C13H24N2S. The molecule has 0 saturated carbocycles. The van der Waals surface area contributed by atoms with Crippen LogP contribution in [-0.4, -0.2) is 10.5 Å². The Morgan fingerprint density at radius 2 is 1.88 bits per heavy atom. The molecule has 1 N–H and O–H groups in total.